The van der Waals surface area contributed by atoms with Gasteiger partial charge in [-0.05, 0) is 31.4 Å². The van der Waals surface area contributed by atoms with Crippen molar-refractivity contribution in [3.05, 3.63) is 59.7 Å². The van der Waals surface area contributed by atoms with Crippen molar-refractivity contribution in [2.24, 2.45) is 0 Å². The second-order valence-corrected chi connectivity index (χ2v) is 8.21. The Hall–Kier alpha value is -3.02. The molecule has 0 unspecified atom stereocenters. The van der Waals surface area contributed by atoms with Crippen LogP contribution in [0.25, 0.3) is 0 Å². The Bertz CT molecular complexity index is 936. The summed E-state index contributed by atoms with van der Waals surface area (Å²) in [6.45, 7) is 6.89. The number of para-hydroxylation sites is 1. The molecule has 0 N–H and O–H groups in total. The number of rotatable bonds is 5. The number of nitrogens with zero attached hydrogens (tertiary/aromatic N) is 2. The van der Waals surface area contributed by atoms with Crippen LogP contribution in [0.1, 0.15) is 37.8 Å². The van der Waals surface area contributed by atoms with E-state index in [4.69, 9.17) is 9.47 Å². The minimum atomic E-state index is -0.630. The highest BCUT2D eigenvalue weighted by Crippen LogP contribution is 2.39. The van der Waals surface area contributed by atoms with Crippen LogP contribution in [0.5, 0.6) is 11.5 Å². The Morgan fingerprint density at radius 3 is 2.39 bits per heavy atom. The molecule has 1 fully saturated rings. The molecule has 2 aromatic rings. The maximum atomic E-state index is 14.1. The third-order valence-electron chi connectivity index (χ3n) is 6.48. The number of hydrogen-bond acceptors (Lipinski definition) is 4. The summed E-state index contributed by atoms with van der Waals surface area (Å²) < 4.78 is 11.6. The first kappa shape index (κ1) is 21.2. The molecule has 2 aliphatic heterocycles. The van der Waals surface area contributed by atoms with E-state index in [1.54, 1.807) is 6.92 Å². The molecule has 2 heterocycles. The molecular formula is C25H30N2O4. The number of likely N-dealkylation sites (N-methyl/N-ethyl adjacent to an activating group) is 1. The fraction of sp³-hybridized carbons (Fsp3) is 0.440. The Morgan fingerprint density at radius 1 is 1.00 bits per heavy atom. The number of benzene rings is 2. The smallest absolute Gasteiger partial charge is 0.233 e. The molecule has 0 aromatic heterocycles. The van der Waals surface area contributed by atoms with Crippen LogP contribution in [0, 0.1) is 0 Å². The molecule has 0 spiro atoms. The molecule has 164 valence electrons. The standard InChI is InChI=1S/C25H30N2O4/c1-3-26(18-20-8-7-11-22-23(20)31-17-16-30-22)24(29)25(21-9-5-4-6-10-21)12-14-27(15-13-25)19(2)28/h4-11H,3,12-18H2,1-2H3. The largest absolute Gasteiger partial charge is 0.486 e. The average molecular weight is 423 g/mol. The average Bonchev–Trinajstić information content (AvgIpc) is 2.82. The SMILES string of the molecule is CCN(Cc1cccc2c1OCCO2)C(=O)C1(c2ccccc2)CCN(C(C)=O)CC1. The van der Waals surface area contributed by atoms with Crippen molar-refractivity contribution in [3.63, 3.8) is 0 Å². The monoisotopic (exact) mass is 422 g/mol. The maximum Gasteiger partial charge on any atom is 0.233 e. The number of fused-ring (bicyclic) bond motifs is 1. The van der Waals surface area contributed by atoms with Crippen LogP contribution in [0.3, 0.4) is 0 Å². The summed E-state index contributed by atoms with van der Waals surface area (Å²) in [4.78, 5) is 29.7. The number of ether oxygens (including phenoxy) is 2. The molecule has 1 saturated heterocycles. The minimum absolute atomic E-state index is 0.0644. The van der Waals surface area contributed by atoms with Gasteiger partial charge in [-0.25, -0.2) is 0 Å². The number of amides is 2. The lowest BCUT2D eigenvalue weighted by Gasteiger charge is -2.43. The van der Waals surface area contributed by atoms with Crippen LogP contribution >= 0.6 is 0 Å². The molecule has 6 heteroatoms. The van der Waals surface area contributed by atoms with E-state index in [0.29, 0.717) is 52.2 Å². The topological polar surface area (TPSA) is 59.1 Å². The van der Waals surface area contributed by atoms with Crippen molar-refractivity contribution in [1.29, 1.82) is 0 Å². The molecule has 4 rings (SSSR count). The van der Waals surface area contributed by atoms with Gasteiger partial charge in [0.2, 0.25) is 11.8 Å². The Balaban J connectivity index is 1.64. The van der Waals surface area contributed by atoms with Crippen molar-refractivity contribution >= 4 is 11.8 Å². The predicted octanol–water partition coefficient (Wildman–Crippen LogP) is 3.39. The molecule has 2 aliphatic rings. The predicted molar refractivity (Wildman–Crippen MR) is 118 cm³/mol. The van der Waals surface area contributed by atoms with E-state index >= 15 is 0 Å². The third kappa shape index (κ3) is 4.11. The fourth-order valence-corrected chi connectivity index (χ4v) is 4.68. The zero-order valence-corrected chi connectivity index (χ0v) is 18.3. The first-order valence-corrected chi connectivity index (χ1v) is 11.0. The third-order valence-corrected chi connectivity index (χ3v) is 6.48. The second-order valence-electron chi connectivity index (χ2n) is 8.21. The van der Waals surface area contributed by atoms with Gasteiger partial charge in [0, 0.05) is 38.7 Å². The molecule has 0 saturated carbocycles. The van der Waals surface area contributed by atoms with Gasteiger partial charge in [-0.1, -0.05) is 42.5 Å². The van der Waals surface area contributed by atoms with Crippen LogP contribution < -0.4 is 9.47 Å². The highest BCUT2D eigenvalue weighted by molar-refractivity contribution is 5.89. The second kappa shape index (κ2) is 9.00. The zero-order chi connectivity index (χ0) is 21.8. The van der Waals surface area contributed by atoms with Gasteiger partial charge in [-0.15, -0.1) is 0 Å². The molecule has 0 atom stereocenters. The van der Waals surface area contributed by atoms with Crippen molar-refractivity contribution in [3.8, 4) is 11.5 Å². The van der Waals surface area contributed by atoms with E-state index < -0.39 is 5.41 Å². The molecule has 31 heavy (non-hydrogen) atoms. The lowest BCUT2D eigenvalue weighted by Crippen LogP contribution is -2.53. The normalized spacial score (nSPS) is 17.2. The van der Waals surface area contributed by atoms with E-state index in [2.05, 4.69) is 0 Å². The van der Waals surface area contributed by atoms with Crippen molar-refractivity contribution in [2.75, 3.05) is 32.8 Å². The summed E-state index contributed by atoms with van der Waals surface area (Å²) in [7, 11) is 0. The molecule has 2 amide bonds. The van der Waals surface area contributed by atoms with Gasteiger partial charge in [0.25, 0.3) is 0 Å². The Kier molecular flexibility index (Phi) is 6.16. The maximum absolute atomic E-state index is 14.1. The van der Waals surface area contributed by atoms with E-state index in [9.17, 15) is 9.59 Å². The summed E-state index contributed by atoms with van der Waals surface area (Å²) in [6.07, 6.45) is 1.25. The van der Waals surface area contributed by atoms with Crippen LogP contribution in [0.15, 0.2) is 48.5 Å². The van der Waals surface area contributed by atoms with E-state index in [1.165, 1.54) is 0 Å². The summed E-state index contributed by atoms with van der Waals surface area (Å²) in [5.74, 6) is 1.65. The van der Waals surface area contributed by atoms with Crippen molar-refractivity contribution in [1.82, 2.24) is 9.80 Å². The molecule has 0 bridgehead atoms. The quantitative estimate of drug-likeness (QED) is 0.741. The molecule has 0 aliphatic carbocycles. The van der Waals surface area contributed by atoms with Gasteiger partial charge >= 0.3 is 0 Å². The fourth-order valence-electron chi connectivity index (χ4n) is 4.68. The lowest BCUT2D eigenvalue weighted by molar-refractivity contribution is -0.142. The summed E-state index contributed by atoms with van der Waals surface area (Å²) in [5.41, 5.74) is 1.35. The highest BCUT2D eigenvalue weighted by Gasteiger charge is 2.45. The van der Waals surface area contributed by atoms with Crippen LogP contribution in [-0.4, -0.2) is 54.5 Å². The molecule has 6 nitrogen and oxygen atoms in total. The number of piperidine rings is 1. The highest BCUT2D eigenvalue weighted by atomic mass is 16.6. The molecule has 2 aromatic carbocycles. The van der Waals surface area contributed by atoms with Crippen molar-refractivity contribution in [2.45, 2.75) is 38.6 Å². The summed E-state index contributed by atoms with van der Waals surface area (Å²) >= 11 is 0. The van der Waals surface area contributed by atoms with Gasteiger partial charge in [-0.2, -0.15) is 0 Å². The van der Waals surface area contributed by atoms with Gasteiger partial charge < -0.3 is 19.3 Å². The summed E-state index contributed by atoms with van der Waals surface area (Å²) in [5, 5.41) is 0. The first-order valence-electron chi connectivity index (χ1n) is 11.0. The zero-order valence-electron chi connectivity index (χ0n) is 18.3. The van der Waals surface area contributed by atoms with Gasteiger partial charge in [0.1, 0.15) is 13.2 Å². The lowest BCUT2D eigenvalue weighted by atomic mass is 9.71. The van der Waals surface area contributed by atoms with Crippen LogP contribution in [0.2, 0.25) is 0 Å². The van der Waals surface area contributed by atoms with E-state index in [0.717, 1.165) is 22.6 Å². The van der Waals surface area contributed by atoms with Gasteiger partial charge in [0.15, 0.2) is 11.5 Å². The first-order chi connectivity index (χ1) is 15.0. The van der Waals surface area contributed by atoms with E-state index in [-0.39, 0.29) is 11.8 Å². The molecule has 0 radical (unpaired) electrons. The minimum Gasteiger partial charge on any atom is -0.486 e. The van der Waals surface area contributed by atoms with Crippen molar-refractivity contribution < 1.29 is 19.1 Å². The Morgan fingerprint density at radius 2 is 1.71 bits per heavy atom. The number of hydrogen-bond donors (Lipinski definition) is 0. The molecular weight excluding hydrogens is 392 g/mol. The summed E-state index contributed by atoms with van der Waals surface area (Å²) in [6, 6.07) is 15.9. The van der Waals surface area contributed by atoms with E-state index in [1.807, 2.05) is 65.3 Å². The Labute approximate surface area is 183 Å². The van der Waals surface area contributed by atoms with Crippen LogP contribution in [-0.2, 0) is 21.5 Å². The van der Waals surface area contributed by atoms with Crippen LogP contribution in [0.4, 0.5) is 0 Å². The van der Waals surface area contributed by atoms with Gasteiger partial charge in [0.05, 0.1) is 5.41 Å². The number of likely N-dealkylation sites (tertiary alicyclic amines) is 1. The number of carbonyl (C=O) groups excluding carboxylic acids is 2. The van der Waals surface area contributed by atoms with Gasteiger partial charge in [-0.3, -0.25) is 9.59 Å². The number of carbonyl (C=O) groups is 2.